The van der Waals surface area contributed by atoms with Crippen LogP contribution in [0.25, 0.3) is 22.2 Å². The number of para-hydroxylation sites is 1. The zero-order chi connectivity index (χ0) is 18.9. The second-order valence-corrected chi connectivity index (χ2v) is 9.62. The molecule has 1 aliphatic carbocycles. The summed E-state index contributed by atoms with van der Waals surface area (Å²) in [6, 6.07) is 28.5. The molecule has 136 valence electrons. The number of fused-ring (bicyclic) bond motifs is 6. The summed E-state index contributed by atoms with van der Waals surface area (Å²) < 4.78 is 0. The topological polar surface area (TPSA) is 12.9 Å². The van der Waals surface area contributed by atoms with Gasteiger partial charge in [0.15, 0.2) is 0 Å². The summed E-state index contributed by atoms with van der Waals surface area (Å²) in [5.74, 6) is 0.519. The first-order valence-electron chi connectivity index (χ1n) is 9.90. The fourth-order valence-electron chi connectivity index (χ4n) is 5.33. The number of aromatic nitrogens is 1. The summed E-state index contributed by atoms with van der Waals surface area (Å²) in [5.41, 5.74) is 7.99. The Balaban J connectivity index is 1.57. The smallest absolute Gasteiger partial charge is 0.0712 e. The molecule has 0 saturated heterocycles. The molecule has 0 radical (unpaired) electrons. The highest BCUT2D eigenvalue weighted by Crippen LogP contribution is 2.67. The Kier molecular flexibility index (Phi) is 3.34. The molecule has 0 bridgehead atoms. The third kappa shape index (κ3) is 2.13. The van der Waals surface area contributed by atoms with Crippen molar-refractivity contribution in [2.45, 2.75) is 35.3 Å². The van der Waals surface area contributed by atoms with Crippen molar-refractivity contribution in [2.75, 3.05) is 0 Å². The molecule has 6 rings (SSSR count). The minimum absolute atomic E-state index is 0.0729. The van der Waals surface area contributed by atoms with Crippen molar-refractivity contribution in [2.24, 2.45) is 0 Å². The van der Waals surface area contributed by atoms with E-state index in [1.165, 1.54) is 32.5 Å². The molecule has 28 heavy (non-hydrogen) atoms. The minimum atomic E-state index is 0.0729. The highest BCUT2D eigenvalue weighted by Gasteiger charge is 2.52. The Hall–Kier alpha value is -2.58. The second kappa shape index (κ2) is 5.71. The third-order valence-corrected chi connectivity index (χ3v) is 7.92. The highest BCUT2D eigenvalue weighted by molar-refractivity contribution is 8.00. The number of pyridine rings is 1. The van der Waals surface area contributed by atoms with E-state index in [0.717, 1.165) is 11.2 Å². The van der Waals surface area contributed by atoms with Gasteiger partial charge in [0.25, 0.3) is 0 Å². The predicted octanol–water partition coefficient (Wildman–Crippen LogP) is 7.12. The van der Waals surface area contributed by atoms with Crippen molar-refractivity contribution in [1.82, 2.24) is 4.98 Å². The lowest BCUT2D eigenvalue weighted by atomic mass is 9.73. The van der Waals surface area contributed by atoms with Gasteiger partial charge in [-0.15, -0.1) is 11.8 Å². The maximum absolute atomic E-state index is 5.02. The first-order chi connectivity index (χ1) is 13.6. The molecule has 2 atom stereocenters. The maximum atomic E-state index is 5.02. The number of benzene rings is 3. The number of hydrogen-bond acceptors (Lipinski definition) is 2. The van der Waals surface area contributed by atoms with Crippen LogP contribution in [0.4, 0.5) is 0 Å². The van der Waals surface area contributed by atoms with Gasteiger partial charge in [0.05, 0.1) is 11.2 Å². The van der Waals surface area contributed by atoms with E-state index in [0.29, 0.717) is 11.2 Å². The highest BCUT2D eigenvalue weighted by atomic mass is 32.2. The van der Waals surface area contributed by atoms with Crippen LogP contribution in [0.1, 0.15) is 41.7 Å². The minimum Gasteiger partial charge on any atom is -0.248 e. The normalized spacial score (nSPS) is 21.4. The molecule has 2 heterocycles. The van der Waals surface area contributed by atoms with Crippen molar-refractivity contribution < 1.29 is 0 Å². The first-order valence-corrected chi connectivity index (χ1v) is 10.8. The van der Waals surface area contributed by atoms with Crippen LogP contribution in [0.2, 0.25) is 0 Å². The van der Waals surface area contributed by atoms with Crippen molar-refractivity contribution in [3.63, 3.8) is 0 Å². The van der Waals surface area contributed by atoms with Crippen molar-refractivity contribution in [3.8, 4) is 11.3 Å². The molecule has 2 aliphatic rings. The van der Waals surface area contributed by atoms with Crippen LogP contribution in [0.15, 0.2) is 83.8 Å². The molecule has 0 fully saturated rings. The van der Waals surface area contributed by atoms with E-state index in [9.17, 15) is 0 Å². The largest absolute Gasteiger partial charge is 0.248 e. The standard InChI is InChI=1S/C26H21NS/c1-26(2)23-17(21-15-14-16-8-3-5-12-20(16)27-21)10-7-11-19(23)25-24(26)18-9-4-6-13-22(18)28-25/h3-15,24-25H,1-2H3. The Morgan fingerprint density at radius 1 is 0.786 bits per heavy atom. The summed E-state index contributed by atoms with van der Waals surface area (Å²) in [6.07, 6.45) is 0. The molecule has 0 N–H and O–H groups in total. The van der Waals surface area contributed by atoms with Gasteiger partial charge in [-0.3, -0.25) is 0 Å². The van der Waals surface area contributed by atoms with Crippen LogP contribution in [-0.2, 0) is 5.41 Å². The van der Waals surface area contributed by atoms with Gasteiger partial charge in [-0.25, -0.2) is 4.98 Å². The molecule has 0 saturated carbocycles. The van der Waals surface area contributed by atoms with Gasteiger partial charge in [-0.05, 0) is 40.3 Å². The van der Waals surface area contributed by atoms with Gasteiger partial charge < -0.3 is 0 Å². The van der Waals surface area contributed by atoms with Crippen molar-refractivity contribution >= 4 is 22.7 Å². The molecule has 4 aromatic rings. The number of thioether (sulfide) groups is 1. The number of nitrogens with zero attached hydrogens (tertiary/aromatic N) is 1. The Morgan fingerprint density at radius 2 is 1.57 bits per heavy atom. The van der Waals surface area contributed by atoms with Gasteiger partial charge in [-0.1, -0.05) is 74.5 Å². The van der Waals surface area contributed by atoms with E-state index in [4.69, 9.17) is 4.98 Å². The maximum Gasteiger partial charge on any atom is 0.0712 e. The van der Waals surface area contributed by atoms with Gasteiger partial charge in [0.1, 0.15) is 0 Å². The van der Waals surface area contributed by atoms with Gasteiger partial charge in [0.2, 0.25) is 0 Å². The van der Waals surface area contributed by atoms with E-state index in [1.54, 1.807) is 0 Å². The van der Waals surface area contributed by atoms with E-state index in [1.807, 2.05) is 11.8 Å². The SMILES string of the molecule is CC1(C)c2c(-c3ccc4ccccc4n3)cccc2C2Sc3ccccc3C21. The second-order valence-electron chi connectivity index (χ2n) is 8.43. The van der Waals surface area contributed by atoms with Crippen LogP contribution in [0, 0.1) is 0 Å². The molecule has 0 amide bonds. The molecular formula is C26H21NS. The van der Waals surface area contributed by atoms with E-state index in [-0.39, 0.29) is 5.41 Å². The number of hydrogen-bond donors (Lipinski definition) is 0. The van der Waals surface area contributed by atoms with E-state index < -0.39 is 0 Å². The molecule has 2 heteroatoms. The quantitative estimate of drug-likeness (QED) is 0.349. The predicted molar refractivity (Wildman–Crippen MR) is 118 cm³/mol. The first kappa shape index (κ1) is 16.4. The van der Waals surface area contributed by atoms with Crippen molar-refractivity contribution in [3.05, 3.63) is 95.6 Å². The summed E-state index contributed by atoms with van der Waals surface area (Å²) in [4.78, 5) is 6.47. The average molecular weight is 380 g/mol. The summed E-state index contributed by atoms with van der Waals surface area (Å²) >= 11 is 2.04. The van der Waals surface area contributed by atoms with Crippen LogP contribution < -0.4 is 0 Å². The van der Waals surface area contributed by atoms with Crippen LogP contribution in [-0.4, -0.2) is 4.98 Å². The Morgan fingerprint density at radius 3 is 2.50 bits per heavy atom. The van der Waals surface area contributed by atoms with Gasteiger partial charge >= 0.3 is 0 Å². The summed E-state index contributed by atoms with van der Waals surface area (Å²) in [6.45, 7) is 4.84. The van der Waals surface area contributed by atoms with Gasteiger partial charge in [-0.2, -0.15) is 0 Å². The Labute approximate surface area is 169 Å². The number of rotatable bonds is 1. The van der Waals surface area contributed by atoms with E-state index >= 15 is 0 Å². The van der Waals surface area contributed by atoms with E-state index in [2.05, 4.69) is 92.7 Å². The third-order valence-electron chi connectivity index (χ3n) is 6.51. The monoisotopic (exact) mass is 379 g/mol. The van der Waals surface area contributed by atoms with Crippen LogP contribution in [0.3, 0.4) is 0 Å². The lowest BCUT2D eigenvalue weighted by molar-refractivity contribution is 0.446. The molecular weight excluding hydrogens is 358 g/mol. The summed E-state index contributed by atoms with van der Waals surface area (Å²) in [5, 5.41) is 1.70. The molecule has 1 aromatic heterocycles. The fourth-order valence-corrected chi connectivity index (χ4v) is 7.04. The summed E-state index contributed by atoms with van der Waals surface area (Å²) in [7, 11) is 0. The zero-order valence-corrected chi connectivity index (χ0v) is 16.8. The molecule has 2 unspecified atom stereocenters. The lowest BCUT2D eigenvalue weighted by Crippen LogP contribution is -2.22. The van der Waals surface area contributed by atoms with Crippen LogP contribution in [0.5, 0.6) is 0 Å². The molecule has 0 spiro atoms. The van der Waals surface area contributed by atoms with Crippen molar-refractivity contribution in [1.29, 1.82) is 0 Å². The lowest BCUT2D eigenvalue weighted by Gasteiger charge is -2.29. The van der Waals surface area contributed by atoms with Gasteiger partial charge in [0, 0.05) is 27.0 Å². The molecule has 1 nitrogen and oxygen atoms in total. The Bertz CT molecular complexity index is 1240. The molecule has 1 aliphatic heterocycles. The molecule has 3 aromatic carbocycles. The average Bonchev–Trinajstić information content (AvgIpc) is 3.22. The zero-order valence-electron chi connectivity index (χ0n) is 16.0. The fraction of sp³-hybridized carbons (Fsp3) is 0.192. The van der Waals surface area contributed by atoms with Crippen LogP contribution >= 0.6 is 11.8 Å².